The van der Waals surface area contributed by atoms with Gasteiger partial charge in [0.1, 0.15) is 6.54 Å². The molecule has 0 spiro atoms. The van der Waals surface area contributed by atoms with Gasteiger partial charge in [-0.15, -0.1) is 0 Å². The molecule has 0 fully saturated rings. The number of carbonyl (C=O) groups excluding carboxylic acids is 1. The lowest BCUT2D eigenvalue weighted by Gasteiger charge is -2.07. The van der Waals surface area contributed by atoms with E-state index >= 15 is 0 Å². The third-order valence-electron chi connectivity index (χ3n) is 2.20. The molecule has 5 nitrogen and oxygen atoms in total. The van der Waals surface area contributed by atoms with Gasteiger partial charge in [0.05, 0.1) is 17.2 Å². The SMILES string of the molecule is NC(=O)Cn1c(=O)cnc2cc(F)c(F)cc21. The second-order valence-corrected chi connectivity index (χ2v) is 3.40. The van der Waals surface area contributed by atoms with Gasteiger partial charge in [0, 0.05) is 12.1 Å². The molecule has 1 aromatic heterocycles. The molecule has 0 aliphatic rings. The standard InChI is InChI=1S/C10H7F2N3O2/c11-5-1-7-8(2-6(5)12)15(4-9(13)16)10(17)3-14-7/h1-3H,4H2,(H2,13,16). The van der Waals surface area contributed by atoms with Crippen LogP contribution in [0.25, 0.3) is 11.0 Å². The van der Waals surface area contributed by atoms with Gasteiger partial charge in [-0.2, -0.15) is 0 Å². The van der Waals surface area contributed by atoms with E-state index in [1.807, 2.05) is 0 Å². The predicted molar refractivity (Wildman–Crippen MR) is 55.1 cm³/mol. The molecule has 2 aromatic rings. The van der Waals surface area contributed by atoms with Crippen LogP contribution in [0.2, 0.25) is 0 Å². The average molecular weight is 239 g/mol. The summed E-state index contributed by atoms with van der Waals surface area (Å²) in [5.41, 5.74) is 4.45. The molecule has 0 atom stereocenters. The normalized spacial score (nSPS) is 10.7. The topological polar surface area (TPSA) is 78.0 Å². The van der Waals surface area contributed by atoms with Crippen molar-refractivity contribution in [3.05, 3.63) is 40.3 Å². The molecule has 0 aliphatic carbocycles. The van der Waals surface area contributed by atoms with E-state index in [1.165, 1.54) is 0 Å². The number of halogens is 2. The Labute approximate surface area is 93.5 Å². The first-order valence-corrected chi connectivity index (χ1v) is 4.62. The number of primary amides is 1. The molecule has 2 N–H and O–H groups in total. The van der Waals surface area contributed by atoms with Gasteiger partial charge in [-0.3, -0.25) is 14.2 Å². The highest BCUT2D eigenvalue weighted by atomic mass is 19.2. The van der Waals surface area contributed by atoms with Crippen LogP contribution < -0.4 is 11.3 Å². The van der Waals surface area contributed by atoms with Crippen molar-refractivity contribution in [2.24, 2.45) is 5.73 Å². The number of carbonyl (C=O) groups is 1. The smallest absolute Gasteiger partial charge is 0.269 e. The summed E-state index contributed by atoms with van der Waals surface area (Å²) in [5, 5.41) is 0. The summed E-state index contributed by atoms with van der Waals surface area (Å²) in [6.45, 7) is -0.414. The summed E-state index contributed by atoms with van der Waals surface area (Å²) in [5.74, 6) is -2.96. The van der Waals surface area contributed by atoms with Gasteiger partial charge in [-0.1, -0.05) is 0 Å². The Bertz CT molecular complexity index is 666. The molecule has 0 radical (unpaired) electrons. The summed E-state index contributed by atoms with van der Waals surface area (Å²) in [4.78, 5) is 25.9. The Morgan fingerprint density at radius 2 is 2.00 bits per heavy atom. The molecule has 88 valence electrons. The summed E-state index contributed by atoms with van der Waals surface area (Å²) >= 11 is 0. The third-order valence-corrected chi connectivity index (χ3v) is 2.20. The van der Waals surface area contributed by atoms with E-state index in [9.17, 15) is 18.4 Å². The van der Waals surface area contributed by atoms with Crippen LogP contribution in [0.1, 0.15) is 0 Å². The lowest BCUT2D eigenvalue weighted by atomic mass is 10.2. The maximum Gasteiger partial charge on any atom is 0.269 e. The number of nitrogens with two attached hydrogens (primary N) is 1. The van der Waals surface area contributed by atoms with Crippen molar-refractivity contribution in [1.29, 1.82) is 0 Å². The monoisotopic (exact) mass is 239 g/mol. The fraction of sp³-hybridized carbons (Fsp3) is 0.100. The van der Waals surface area contributed by atoms with Gasteiger partial charge < -0.3 is 5.73 Å². The minimum Gasteiger partial charge on any atom is -0.368 e. The van der Waals surface area contributed by atoms with Crippen molar-refractivity contribution in [1.82, 2.24) is 9.55 Å². The van der Waals surface area contributed by atoms with Crippen molar-refractivity contribution in [2.45, 2.75) is 6.54 Å². The zero-order chi connectivity index (χ0) is 12.6. The number of hydrogen-bond acceptors (Lipinski definition) is 3. The average Bonchev–Trinajstić information content (AvgIpc) is 2.25. The molecule has 0 saturated heterocycles. The first-order chi connectivity index (χ1) is 7.99. The van der Waals surface area contributed by atoms with Crippen LogP contribution in [-0.2, 0) is 11.3 Å². The van der Waals surface area contributed by atoms with E-state index in [0.29, 0.717) is 0 Å². The molecule has 0 bridgehead atoms. The highest BCUT2D eigenvalue weighted by Gasteiger charge is 2.10. The number of nitrogens with zero attached hydrogens (tertiary/aromatic N) is 2. The number of fused-ring (bicyclic) bond motifs is 1. The molecule has 1 heterocycles. The highest BCUT2D eigenvalue weighted by Crippen LogP contribution is 2.14. The highest BCUT2D eigenvalue weighted by molar-refractivity contribution is 5.79. The first kappa shape index (κ1) is 11.2. The van der Waals surface area contributed by atoms with Gasteiger partial charge in [0.2, 0.25) is 5.91 Å². The van der Waals surface area contributed by atoms with E-state index in [0.717, 1.165) is 22.9 Å². The predicted octanol–water partition coefficient (Wildman–Crippen LogP) is 0.160. The maximum atomic E-state index is 13.1. The van der Waals surface area contributed by atoms with E-state index in [4.69, 9.17) is 5.73 Å². The summed E-state index contributed by atoms with van der Waals surface area (Å²) in [6, 6.07) is 1.66. The molecule has 2 rings (SSSR count). The van der Waals surface area contributed by atoms with Crippen LogP contribution in [0.5, 0.6) is 0 Å². The van der Waals surface area contributed by atoms with Gasteiger partial charge in [-0.05, 0) is 0 Å². The van der Waals surface area contributed by atoms with Gasteiger partial charge in [0.25, 0.3) is 5.56 Å². The van der Waals surface area contributed by atoms with Crippen molar-refractivity contribution < 1.29 is 13.6 Å². The Morgan fingerprint density at radius 3 is 2.65 bits per heavy atom. The van der Waals surface area contributed by atoms with Crippen molar-refractivity contribution in [3.8, 4) is 0 Å². The number of rotatable bonds is 2. The largest absolute Gasteiger partial charge is 0.368 e. The Kier molecular flexibility index (Phi) is 2.58. The third kappa shape index (κ3) is 1.99. The van der Waals surface area contributed by atoms with Crippen LogP contribution in [0, 0.1) is 11.6 Å². The quantitative estimate of drug-likeness (QED) is 0.810. The fourth-order valence-electron chi connectivity index (χ4n) is 1.48. The number of amides is 1. The molecular formula is C10H7F2N3O2. The molecule has 7 heteroatoms. The van der Waals surface area contributed by atoms with Crippen LogP contribution in [0.3, 0.4) is 0 Å². The van der Waals surface area contributed by atoms with Gasteiger partial charge in [0.15, 0.2) is 11.6 Å². The molecular weight excluding hydrogens is 232 g/mol. The van der Waals surface area contributed by atoms with Crippen molar-refractivity contribution in [3.63, 3.8) is 0 Å². The maximum absolute atomic E-state index is 13.1. The second kappa shape index (κ2) is 3.93. The summed E-state index contributed by atoms with van der Waals surface area (Å²) in [6.07, 6.45) is 0.919. The zero-order valence-corrected chi connectivity index (χ0v) is 8.48. The molecule has 0 aliphatic heterocycles. The van der Waals surface area contributed by atoms with Gasteiger partial charge >= 0.3 is 0 Å². The molecule has 1 amide bonds. The number of hydrogen-bond donors (Lipinski definition) is 1. The lowest BCUT2D eigenvalue weighted by molar-refractivity contribution is -0.118. The number of aromatic nitrogens is 2. The first-order valence-electron chi connectivity index (χ1n) is 4.62. The molecule has 1 aromatic carbocycles. The Balaban J connectivity index is 2.80. The van der Waals surface area contributed by atoms with Crippen LogP contribution in [0.15, 0.2) is 23.1 Å². The Hall–Kier alpha value is -2.31. The van der Waals surface area contributed by atoms with Crippen molar-refractivity contribution in [2.75, 3.05) is 0 Å². The minimum atomic E-state index is -1.12. The summed E-state index contributed by atoms with van der Waals surface area (Å²) in [7, 11) is 0. The van der Waals surface area contributed by atoms with E-state index in [2.05, 4.69) is 4.98 Å². The van der Waals surface area contributed by atoms with Crippen LogP contribution in [-0.4, -0.2) is 15.5 Å². The minimum absolute atomic E-state index is 0.0233. The van der Waals surface area contributed by atoms with Crippen LogP contribution >= 0.6 is 0 Å². The van der Waals surface area contributed by atoms with Crippen LogP contribution in [0.4, 0.5) is 8.78 Å². The van der Waals surface area contributed by atoms with E-state index in [-0.39, 0.29) is 11.0 Å². The van der Waals surface area contributed by atoms with Gasteiger partial charge in [-0.25, -0.2) is 13.8 Å². The molecule has 0 unspecified atom stereocenters. The molecule has 17 heavy (non-hydrogen) atoms. The van der Waals surface area contributed by atoms with Crippen molar-refractivity contribution >= 4 is 16.9 Å². The molecule has 0 saturated carbocycles. The van der Waals surface area contributed by atoms with E-state index in [1.54, 1.807) is 0 Å². The fourth-order valence-corrected chi connectivity index (χ4v) is 1.48. The number of benzene rings is 1. The Morgan fingerprint density at radius 1 is 1.35 bits per heavy atom. The second-order valence-electron chi connectivity index (χ2n) is 3.40. The summed E-state index contributed by atoms with van der Waals surface area (Å²) < 4.78 is 27.0. The lowest BCUT2D eigenvalue weighted by Crippen LogP contribution is -2.28. The zero-order valence-electron chi connectivity index (χ0n) is 8.48. The van der Waals surface area contributed by atoms with E-state index < -0.39 is 29.6 Å².